The maximum absolute atomic E-state index is 13.5. The maximum atomic E-state index is 13.5. The van der Waals surface area contributed by atoms with Crippen molar-refractivity contribution in [3.05, 3.63) is 32.0 Å². The molecule has 18 heavy (non-hydrogen) atoms. The van der Waals surface area contributed by atoms with Crippen LogP contribution in [-0.4, -0.2) is 22.1 Å². The molecule has 6 nitrogen and oxygen atoms in total. The highest BCUT2D eigenvalue weighted by atomic mass is 79.9. The van der Waals surface area contributed by atoms with E-state index in [0.29, 0.717) is 18.9 Å². The lowest BCUT2D eigenvalue weighted by atomic mass is 10.1. The van der Waals surface area contributed by atoms with E-state index in [1.807, 2.05) is 0 Å². The summed E-state index contributed by atoms with van der Waals surface area (Å²) in [7, 11) is 0. The zero-order valence-electron chi connectivity index (χ0n) is 8.85. The first-order chi connectivity index (χ1) is 8.41. The fraction of sp³-hybridized carbons (Fsp3) is 0.300. The topological polar surface area (TPSA) is 89.7 Å². The highest BCUT2D eigenvalue weighted by molar-refractivity contribution is 9.10. The molecule has 0 spiro atoms. The van der Waals surface area contributed by atoms with Gasteiger partial charge in [-0.3, -0.25) is 10.1 Å². The minimum Gasteiger partial charge on any atom is -0.483 e. The van der Waals surface area contributed by atoms with Crippen molar-refractivity contribution >= 4 is 27.6 Å². The molecule has 8 heteroatoms. The Hall–Kier alpha value is -1.70. The number of aromatic carboxylic acids is 1. The van der Waals surface area contributed by atoms with Crippen LogP contribution in [0.4, 0.5) is 10.1 Å². The molecule has 0 saturated heterocycles. The van der Waals surface area contributed by atoms with E-state index in [-0.39, 0.29) is 16.3 Å². The number of halogens is 2. The summed E-state index contributed by atoms with van der Waals surface area (Å²) >= 11 is 2.84. The number of carboxylic acid groups (broad SMARTS) is 1. The Morgan fingerprint density at radius 3 is 2.67 bits per heavy atom. The van der Waals surface area contributed by atoms with Crippen LogP contribution in [0.15, 0.2) is 10.5 Å². The number of hydrogen-bond donors (Lipinski definition) is 1. The molecule has 0 amide bonds. The molecule has 1 fully saturated rings. The van der Waals surface area contributed by atoms with E-state index >= 15 is 0 Å². The van der Waals surface area contributed by atoms with Crippen LogP contribution in [0.2, 0.25) is 0 Å². The van der Waals surface area contributed by atoms with Crippen LogP contribution in [-0.2, 0) is 0 Å². The van der Waals surface area contributed by atoms with Gasteiger partial charge in [-0.25, -0.2) is 9.18 Å². The van der Waals surface area contributed by atoms with Crippen molar-refractivity contribution in [2.24, 2.45) is 0 Å². The first-order valence-corrected chi connectivity index (χ1v) is 5.77. The highest BCUT2D eigenvalue weighted by Crippen LogP contribution is 2.42. The largest absolute Gasteiger partial charge is 0.483 e. The van der Waals surface area contributed by atoms with Crippen LogP contribution in [0.3, 0.4) is 0 Å². The molecule has 96 valence electrons. The van der Waals surface area contributed by atoms with Crippen LogP contribution in [0, 0.1) is 15.9 Å². The zero-order chi connectivity index (χ0) is 13.4. The number of carbonyl (C=O) groups is 1. The Balaban J connectivity index is 2.64. The monoisotopic (exact) mass is 319 g/mol. The molecule has 1 aliphatic rings. The minimum absolute atomic E-state index is 0.219. The van der Waals surface area contributed by atoms with Crippen molar-refractivity contribution in [2.75, 3.05) is 0 Å². The lowest BCUT2D eigenvalue weighted by Crippen LogP contribution is -2.08. The van der Waals surface area contributed by atoms with Crippen molar-refractivity contribution in [3.63, 3.8) is 0 Å². The van der Waals surface area contributed by atoms with Crippen LogP contribution in [0.25, 0.3) is 0 Å². The average Bonchev–Trinajstić information content (AvgIpc) is 3.07. The van der Waals surface area contributed by atoms with Crippen molar-refractivity contribution < 1.29 is 24.0 Å². The molecule has 1 aromatic carbocycles. The smallest absolute Gasteiger partial charge is 0.342 e. The van der Waals surface area contributed by atoms with E-state index in [9.17, 15) is 19.3 Å². The van der Waals surface area contributed by atoms with Gasteiger partial charge in [0.15, 0.2) is 0 Å². The van der Waals surface area contributed by atoms with Gasteiger partial charge in [0, 0.05) is 0 Å². The molecule has 1 N–H and O–H groups in total. The van der Waals surface area contributed by atoms with Gasteiger partial charge in [0.05, 0.1) is 11.0 Å². The first kappa shape index (κ1) is 12.7. The predicted molar refractivity (Wildman–Crippen MR) is 61.4 cm³/mol. The molecule has 2 rings (SSSR count). The second-order valence-corrected chi connectivity index (χ2v) is 4.57. The van der Waals surface area contributed by atoms with E-state index < -0.39 is 28.0 Å². The summed E-state index contributed by atoms with van der Waals surface area (Å²) in [4.78, 5) is 20.9. The molecule has 0 aromatic heterocycles. The average molecular weight is 320 g/mol. The van der Waals surface area contributed by atoms with Gasteiger partial charge < -0.3 is 9.84 Å². The van der Waals surface area contributed by atoms with Crippen molar-refractivity contribution in [1.29, 1.82) is 0 Å². The molecule has 1 saturated carbocycles. The third kappa shape index (κ3) is 2.28. The zero-order valence-corrected chi connectivity index (χ0v) is 10.4. The van der Waals surface area contributed by atoms with Gasteiger partial charge in [0.2, 0.25) is 5.75 Å². The number of nitrogens with zero attached hydrogens (tertiary/aromatic N) is 1. The Morgan fingerprint density at radius 1 is 1.61 bits per heavy atom. The predicted octanol–water partition coefficient (Wildman–Crippen LogP) is 2.74. The Bertz CT molecular complexity index is 544. The molecule has 0 radical (unpaired) electrons. The third-order valence-electron chi connectivity index (χ3n) is 2.37. The fourth-order valence-electron chi connectivity index (χ4n) is 1.40. The molecule has 0 unspecified atom stereocenters. The van der Waals surface area contributed by atoms with Gasteiger partial charge in [0.25, 0.3) is 0 Å². The number of nitro benzene ring substituents is 1. The third-order valence-corrected chi connectivity index (χ3v) is 3.11. The maximum Gasteiger partial charge on any atom is 0.342 e. The second kappa shape index (κ2) is 4.52. The standard InChI is InChI=1S/C10H7BrFNO5/c11-7-6(12)3-5(10(14)15)8(13(16)17)9(7)18-4-1-2-4/h3-4H,1-2H2,(H,14,15). The number of rotatable bonds is 4. The van der Waals surface area contributed by atoms with Gasteiger partial charge in [-0.1, -0.05) is 0 Å². The van der Waals surface area contributed by atoms with Crippen molar-refractivity contribution in [3.8, 4) is 5.75 Å². The number of hydrogen-bond acceptors (Lipinski definition) is 4. The summed E-state index contributed by atoms with van der Waals surface area (Å²) in [5.41, 5.74) is -1.46. The van der Waals surface area contributed by atoms with Crippen LogP contribution < -0.4 is 4.74 Å². The second-order valence-electron chi connectivity index (χ2n) is 3.78. The molecule has 0 atom stereocenters. The Labute approximate surface area is 109 Å². The SMILES string of the molecule is O=C(O)c1cc(F)c(Br)c(OC2CC2)c1[N+](=O)[O-]. The number of carboxylic acids is 1. The quantitative estimate of drug-likeness (QED) is 0.680. The van der Waals surface area contributed by atoms with E-state index in [1.54, 1.807) is 0 Å². The summed E-state index contributed by atoms with van der Waals surface area (Å²) in [5, 5.41) is 19.8. The number of benzene rings is 1. The normalized spacial score (nSPS) is 14.3. The highest BCUT2D eigenvalue weighted by Gasteiger charge is 2.34. The van der Waals surface area contributed by atoms with Crippen LogP contribution in [0.5, 0.6) is 5.75 Å². The molecule has 1 aliphatic carbocycles. The van der Waals surface area contributed by atoms with Crippen LogP contribution in [0.1, 0.15) is 23.2 Å². The molecule has 1 aromatic rings. The van der Waals surface area contributed by atoms with Gasteiger partial charge >= 0.3 is 11.7 Å². The van der Waals surface area contributed by atoms with E-state index in [1.165, 1.54) is 0 Å². The molecule has 0 heterocycles. The molecular formula is C10H7BrFNO5. The van der Waals surface area contributed by atoms with Gasteiger partial charge in [0.1, 0.15) is 15.9 Å². The summed E-state index contributed by atoms with van der Waals surface area (Å²) in [6.45, 7) is 0. The van der Waals surface area contributed by atoms with Crippen molar-refractivity contribution in [2.45, 2.75) is 18.9 Å². The van der Waals surface area contributed by atoms with E-state index in [4.69, 9.17) is 9.84 Å². The lowest BCUT2D eigenvalue weighted by molar-refractivity contribution is -0.386. The molecule has 0 bridgehead atoms. The van der Waals surface area contributed by atoms with Gasteiger partial charge in [-0.15, -0.1) is 0 Å². The summed E-state index contributed by atoms with van der Waals surface area (Å²) in [6.07, 6.45) is 1.20. The van der Waals surface area contributed by atoms with Crippen molar-refractivity contribution in [1.82, 2.24) is 0 Å². The number of nitro groups is 1. The summed E-state index contributed by atoms with van der Waals surface area (Å²) < 4.78 is 18.5. The van der Waals surface area contributed by atoms with Gasteiger partial charge in [-0.2, -0.15) is 0 Å². The lowest BCUT2D eigenvalue weighted by Gasteiger charge is -2.10. The van der Waals surface area contributed by atoms with Crippen LogP contribution >= 0.6 is 15.9 Å². The Kier molecular flexibility index (Phi) is 3.20. The minimum atomic E-state index is -1.58. The van der Waals surface area contributed by atoms with E-state index in [0.717, 1.165) is 0 Å². The van der Waals surface area contributed by atoms with Gasteiger partial charge in [-0.05, 0) is 34.8 Å². The first-order valence-electron chi connectivity index (χ1n) is 4.98. The number of ether oxygens (including phenoxy) is 1. The summed E-state index contributed by atoms with van der Waals surface area (Å²) in [5.74, 6) is -2.85. The fourth-order valence-corrected chi connectivity index (χ4v) is 1.79. The summed E-state index contributed by atoms with van der Waals surface area (Å²) in [6, 6.07) is 0.601. The molecule has 0 aliphatic heterocycles. The molecular weight excluding hydrogens is 313 g/mol. The van der Waals surface area contributed by atoms with E-state index in [2.05, 4.69) is 15.9 Å². The Morgan fingerprint density at radius 2 is 2.22 bits per heavy atom.